The van der Waals surface area contributed by atoms with E-state index < -0.39 is 0 Å². The number of benzene rings is 15. The average Bonchev–Trinajstić information content (AvgIpc) is 1.50. The molecule has 0 amide bonds. The van der Waals surface area contributed by atoms with Crippen molar-refractivity contribution in [2.24, 2.45) is 5.92 Å². The summed E-state index contributed by atoms with van der Waals surface area (Å²) < 4.78 is 0. The van der Waals surface area contributed by atoms with Gasteiger partial charge in [0.25, 0.3) is 0 Å². The van der Waals surface area contributed by atoms with Crippen molar-refractivity contribution in [1.82, 2.24) is 0 Å². The highest BCUT2D eigenvalue weighted by atomic mass is 17.0. The lowest BCUT2D eigenvalue weighted by Gasteiger charge is -2.16. The van der Waals surface area contributed by atoms with Crippen molar-refractivity contribution in [1.29, 1.82) is 0 Å². The second-order valence-electron chi connectivity index (χ2n) is 29.4. The molecule has 21 nitrogen and oxygen atoms in total. The second-order valence-corrected chi connectivity index (χ2v) is 29.4. The third-order valence-electron chi connectivity index (χ3n) is 22.6. The predicted octanol–water partition coefficient (Wildman–Crippen LogP) is 28.8. The van der Waals surface area contributed by atoms with Gasteiger partial charge in [0, 0.05) is 49.8 Å². The lowest BCUT2D eigenvalue weighted by molar-refractivity contribution is -0.176. The number of aliphatic hydroxyl groups is 7. The third-order valence-corrected chi connectivity index (χ3v) is 22.6. The zero-order valence-corrected chi connectivity index (χ0v) is 80.8. The Kier molecular flexibility index (Phi) is 81.4. The molecule has 16 rings (SSSR count). The maximum absolute atomic E-state index is 7.00. The summed E-state index contributed by atoms with van der Waals surface area (Å²) in [6.45, 7) is 31.9. The summed E-state index contributed by atoms with van der Waals surface area (Å²) in [6.07, 6.45) is 8.47. The van der Waals surface area contributed by atoms with Crippen LogP contribution in [-0.2, 0) is 6.42 Å². The number of aliphatic hydroxyl groups excluding tert-OH is 7. The van der Waals surface area contributed by atoms with Crippen LogP contribution in [0.5, 0.6) is 0 Å². The Morgan fingerprint density at radius 2 is 0.489 bits per heavy atom. The molecule has 21 heteroatoms. The Balaban J connectivity index is -0.000000453. The van der Waals surface area contributed by atoms with Crippen LogP contribution in [0.25, 0.3) is 86.2 Å². The SMILES string of the molecule is CC1Cc2ccccc2C1C.CCC(C)c1c2ccccc2cc2ccccc12.CCC(C)c1ccc2cc3ccccc3cc2c1.CCC(C)c1ccc2ccc3ccccc3c2c1.CCC(C)c1ccc2ccccc2c1.CCC(C)c1cccc2ccccc12.CCC(C)c1ccccc1.CO.CO.CO.CO.CO.CO.CO.OO.OO.OO.OO.OO.OO.OO. The Hall–Kier alpha value is -10.5. The van der Waals surface area contributed by atoms with Crippen molar-refractivity contribution in [3.8, 4) is 0 Å². The molecule has 722 valence electrons. The number of hydrogen-bond acceptors (Lipinski definition) is 21. The van der Waals surface area contributed by atoms with E-state index >= 15 is 0 Å². The van der Waals surface area contributed by atoms with Gasteiger partial charge in [-0.3, -0.25) is 73.6 Å². The van der Waals surface area contributed by atoms with E-state index in [0.29, 0.717) is 35.5 Å². The van der Waals surface area contributed by atoms with E-state index in [-0.39, 0.29) is 0 Å². The fraction of sp³-hybridized carbons (Fsp3) is 0.327. The van der Waals surface area contributed by atoms with Crippen LogP contribution in [0.2, 0.25) is 0 Å². The second kappa shape index (κ2) is 82.7. The van der Waals surface area contributed by atoms with Gasteiger partial charge in [0.15, 0.2) is 0 Å². The van der Waals surface area contributed by atoms with Crippen LogP contribution in [-0.4, -0.2) is 159 Å². The van der Waals surface area contributed by atoms with Crippen molar-refractivity contribution >= 4 is 86.2 Å². The summed E-state index contributed by atoms with van der Waals surface area (Å²) in [5, 5.41) is 155. The van der Waals surface area contributed by atoms with Gasteiger partial charge in [-0.1, -0.05) is 382 Å². The highest BCUT2D eigenvalue weighted by Gasteiger charge is 2.24. The molecular formula is C110H156O21. The third kappa shape index (κ3) is 42.8. The lowest BCUT2D eigenvalue weighted by Crippen LogP contribution is -1.97. The van der Waals surface area contributed by atoms with Gasteiger partial charge in [-0.05, 0) is 241 Å². The first-order chi connectivity index (χ1) is 64.1. The van der Waals surface area contributed by atoms with Gasteiger partial charge >= 0.3 is 0 Å². The molecule has 0 aliphatic heterocycles. The van der Waals surface area contributed by atoms with Crippen molar-refractivity contribution in [2.75, 3.05) is 49.8 Å². The number of fused-ring (bicyclic) bond motifs is 10. The minimum atomic E-state index is 0.598. The molecule has 0 aromatic heterocycles. The number of hydrogen-bond donors (Lipinski definition) is 21. The van der Waals surface area contributed by atoms with Crippen LogP contribution in [0, 0.1) is 5.92 Å². The first-order valence-corrected chi connectivity index (χ1v) is 43.5. The monoisotopic (exact) mass is 1810 g/mol. The van der Waals surface area contributed by atoms with Crippen LogP contribution in [0.1, 0.15) is 221 Å². The first-order valence-electron chi connectivity index (χ1n) is 43.5. The highest BCUT2D eigenvalue weighted by Crippen LogP contribution is 2.38. The molecule has 0 saturated carbocycles. The van der Waals surface area contributed by atoms with Crippen LogP contribution >= 0.6 is 0 Å². The quantitative estimate of drug-likeness (QED) is 0.0234. The van der Waals surface area contributed by atoms with E-state index in [1.165, 1.54) is 165 Å². The Labute approximate surface area is 778 Å². The molecule has 0 bridgehead atoms. The molecular weight excluding hydrogens is 1660 g/mol. The molecule has 0 spiro atoms. The molecule has 1 aliphatic carbocycles. The summed E-state index contributed by atoms with van der Waals surface area (Å²) in [5.74, 6) is 5.51. The van der Waals surface area contributed by atoms with Crippen LogP contribution < -0.4 is 0 Å². The smallest absolute Gasteiger partial charge is 0.0319 e. The standard InChI is InChI=1S/3C18H18.2C14H16.C11H14.C10H14.7CH4O.7H2O2/c1-3-13(2)18-16-10-6-4-8-14(16)12-15-9-5-7-11-17(15)18;1-3-13(2)14-8-9-17-11-15-6-4-5-7-16(15)12-18(17)10-14;1-3-13(2)16-11-10-15-9-8-14-6-4-5-7-17(14)18(15)12-16;1-3-11(2)13-10-6-8-12-7-4-5-9-14(12)13;1-3-11(2)13-9-8-12-6-4-5-7-14(12)10-13;1-8-7-10-5-3-4-6-11(10)9(8)2;1-3-9(2)10-7-5-4-6-8-10;14*1-2/h3*4-13H,3H2,1-2H3;2*4-11H,3H2,1-2H3;3-6,8-9H,7H2,1-2H3;4-9H,3H2,1-2H3;7*2H,1H3;7*1-2H. The molecule has 8 unspecified atom stereocenters. The van der Waals surface area contributed by atoms with Gasteiger partial charge in [0.05, 0.1) is 0 Å². The molecule has 0 fully saturated rings. The summed E-state index contributed by atoms with van der Waals surface area (Å²) in [7, 11) is 7.00. The molecule has 15 aromatic carbocycles. The van der Waals surface area contributed by atoms with Crippen LogP contribution in [0.4, 0.5) is 0 Å². The van der Waals surface area contributed by atoms with Gasteiger partial charge in [-0.2, -0.15) is 0 Å². The predicted molar refractivity (Wildman–Crippen MR) is 552 cm³/mol. The minimum absolute atomic E-state index is 0.598. The molecule has 131 heavy (non-hydrogen) atoms. The fourth-order valence-electron chi connectivity index (χ4n) is 14.5. The maximum atomic E-state index is 7.00. The summed E-state index contributed by atoms with van der Waals surface area (Å²) in [5.41, 5.74) is 11.9. The zero-order chi connectivity index (χ0) is 101. The summed E-state index contributed by atoms with van der Waals surface area (Å²) in [6, 6.07) is 110. The molecule has 0 heterocycles. The van der Waals surface area contributed by atoms with E-state index in [9.17, 15) is 0 Å². The zero-order valence-electron chi connectivity index (χ0n) is 80.8. The number of rotatable bonds is 12. The van der Waals surface area contributed by atoms with Crippen molar-refractivity contribution in [3.05, 3.63) is 348 Å². The van der Waals surface area contributed by atoms with Crippen LogP contribution in [0.3, 0.4) is 0 Å². The molecule has 0 radical (unpaired) electrons. The van der Waals surface area contributed by atoms with Crippen molar-refractivity contribution in [3.63, 3.8) is 0 Å². The topological polar surface area (TPSA) is 425 Å². The highest BCUT2D eigenvalue weighted by molar-refractivity contribution is 6.08. The summed E-state index contributed by atoms with van der Waals surface area (Å²) in [4.78, 5) is 0. The summed E-state index contributed by atoms with van der Waals surface area (Å²) >= 11 is 0. The molecule has 0 saturated heterocycles. The van der Waals surface area contributed by atoms with Gasteiger partial charge in [0.2, 0.25) is 0 Å². The van der Waals surface area contributed by atoms with E-state index in [1.54, 1.807) is 11.1 Å². The maximum Gasteiger partial charge on any atom is 0.0319 e. The first kappa shape index (κ1) is 129. The van der Waals surface area contributed by atoms with Gasteiger partial charge in [0.1, 0.15) is 0 Å². The van der Waals surface area contributed by atoms with E-state index in [4.69, 9.17) is 109 Å². The largest absolute Gasteiger partial charge is 0.400 e. The van der Waals surface area contributed by atoms with E-state index in [1.807, 2.05) is 0 Å². The average molecular weight is 1810 g/mol. The Morgan fingerprint density at radius 1 is 0.214 bits per heavy atom. The Morgan fingerprint density at radius 3 is 0.916 bits per heavy atom. The van der Waals surface area contributed by atoms with Crippen LogP contribution in [0.15, 0.2) is 303 Å². The molecule has 21 N–H and O–H groups in total. The normalized spacial score (nSPS) is 12.2. The van der Waals surface area contributed by atoms with Gasteiger partial charge < -0.3 is 35.7 Å². The van der Waals surface area contributed by atoms with E-state index in [2.05, 4.69) is 400 Å². The molecule has 15 aromatic rings. The molecule has 8 atom stereocenters. The fourth-order valence-corrected chi connectivity index (χ4v) is 14.5. The lowest BCUT2D eigenvalue weighted by atomic mass is 9.88. The van der Waals surface area contributed by atoms with E-state index in [0.717, 1.165) is 61.6 Å². The van der Waals surface area contributed by atoms with Crippen molar-refractivity contribution < 1.29 is 109 Å². The van der Waals surface area contributed by atoms with Crippen molar-refractivity contribution in [2.45, 2.75) is 183 Å². The molecule has 1 aliphatic rings. The minimum Gasteiger partial charge on any atom is -0.400 e. The van der Waals surface area contributed by atoms with Gasteiger partial charge in [-0.25, -0.2) is 0 Å². The van der Waals surface area contributed by atoms with Gasteiger partial charge in [-0.15, -0.1) is 0 Å². The Bertz CT molecular complexity index is 5150.